The predicted molar refractivity (Wildman–Crippen MR) is 139 cm³/mol. The molecule has 1 N–H and O–H groups in total. The molecule has 1 aromatic carbocycles. The Kier molecular flexibility index (Phi) is 9.12. The van der Waals surface area contributed by atoms with Crippen LogP contribution in [0.4, 0.5) is 0 Å². The lowest BCUT2D eigenvalue weighted by atomic mass is 10.1. The van der Waals surface area contributed by atoms with E-state index in [2.05, 4.69) is 42.9 Å². The van der Waals surface area contributed by atoms with E-state index in [0.29, 0.717) is 24.7 Å². The smallest absolute Gasteiger partial charge is 0.228 e. The Balaban J connectivity index is 1.92. The van der Waals surface area contributed by atoms with E-state index in [1.807, 2.05) is 35.8 Å². The SMILES string of the molecule is Cc1ccccc1CS(=O)(=O)c1ncc(CN(C[C@@H]2CCCO2)C(=S)NC(C)C)n1CC(C)C. The number of aromatic nitrogens is 2. The van der Waals surface area contributed by atoms with Gasteiger partial charge in [0.2, 0.25) is 15.0 Å². The molecule has 1 fully saturated rings. The third-order valence-corrected chi connectivity index (χ3v) is 7.78. The molecule has 1 aliphatic heterocycles. The van der Waals surface area contributed by atoms with E-state index in [0.717, 1.165) is 36.3 Å². The Bertz CT molecular complexity index is 1070. The van der Waals surface area contributed by atoms with Gasteiger partial charge < -0.3 is 19.5 Å². The fraction of sp³-hybridized carbons (Fsp3) is 0.600. The molecule has 0 bridgehead atoms. The van der Waals surface area contributed by atoms with Crippen LogP contribution in [0.1, 0.15) is 57.4 Å². The van der Waals surface area contributed by atoms with Gasteiger partial charge in [0.05, 0.1) is 30.3 Å². The second kappa shape index (κ2) is 11.6. The molecule has 1 aromatic heterocycles. The number of rotatable bonds is 10. The zero-order valence-electron chi connectivity index (χ0n) is 21.0. The summed E-state index contributed by atoms with van der Waals surface area (Å²) in [5.74, 6) is 0.189. The van der Waals surface area contributed by atoms with Gasteiger partial charge in [-0.15, -0.1) is 0 Å². The van der Waals surface area contributed by atoms with E-state index in [-0.39, 0.29) is 29.0 Å². The van der Waals surface area contributed by atoms with Crippen LogP contribution in [-0.4, -0.2) is 53.3 Å². The lowest BCUT2D eigenvalue weighted by Gasteiger charge is -2.30. The molecule has 1 atom stereocenters. The maximum absolute atomic E-state index is 13.5. The first-order valence-electron chi connectivity index (χ1n) is 12.1. The molecule has 0 spiro atoms. The standard InChI is InChI=1S/C25H38N4O3S2/c1-18(2)14-29-22(15-28(24(33)27-19(3)4)16-23-11-8-12-32-23)13-26-25(29)34(30,31)17-21-10-7-6-9-20(21)5/h6-7,9-10,13,18-19,23H,8,11-12,14-17H2,1-5H3,(H,27,33)/t23-/m0/s1. The Morgan fingerprint density at radius 2 is 2.03 bits per heavy atom. The Morgan fingerprint density at radius 1 is 1.29 bits per heavy atom. The van der Waals surface area contributed by atoms with Gasteiger partial charge in [0.1, 0.15) is 0 Å². The number of aryl methyl sites for hydroxylation is 1. The first kappa shape index (κ1) is 26.6. The highest BCUT2D eigenvalue weighted by molar-refractivity contribution is 7.90. The summed E-state index contributed by atoms with van der Waals surface area (Å²) in [7, 11) is -3.63. The van der Waals surface area contributed by atoms with Gasteiger partial charge >= 0.3 is 0 Å². The van der Waals surface area contributed by atoms with E-state index in [4.69, 9.17) is 17.0 Å². The average Bonchev–Trinajstić information content (AvgIpc) is 3.39. The van der Waals surface area contributed by atoms with E-state index in [9.17, 15) is 8.42 Å². The van der Waals surface area contributed by atoms with Gasteiger partial charge in [-0.3, -0.25) is 0 Å². The third-order valence-electron chi connectivity index (χ3n) is 5.83. The molecule has 1 saturated heterocycles. The molecule has 3 rings (SSSR count). The van der Waals surface area contributed by atoms with Crippen molar-refractivity contribution in [2.45, 2.75) is 83.6 Å². The first-order valence-corrected chi connectivity index (χ1v) is 14.1. The van der Waals surface area contributed by atoms with Gasteiger partial charge in [0, 0.05) is 25.7 Å². The van der Waals surface area contributed by atoms with Crippen LogP contribution in [0.25, 0.3) is 0 Å². The highest BCUT2D eigenvalue weighted by Crippen LogP contribution is 2.22. The summed E-state index contributed by atoms with van der Waals surface area (Å²) in [4.78, 5) is 6.51. The molecule has 9 heteroatoms. The molecule has 188 valence electrons. The fourth-order valence-corrected chi connectivity index (χ4v) is 6.13. The Labute approximate surface area is 209 Å². The number of thiocarbonyl (C=S) groups is 1. The number of nitrogens with zero attached hydrogens (tertiary/aromatic N) is 3. The van der Waals surface area contributed by atoms with Crippen LogP contribution in [0.5, 0.6) is 0 Å². The van der Waals surface area contributed by atoms with Gasteiger partial charge in [-0.1, -0.05) is 38.1 Å². The van der Waals surface area contributed by atoms with Gasteiger partial charge in [-0.25, -0.2) is 13.4 Å². The number of ether oxygens (including phenoxy) is 1. The van der Waals surface area contributed by atoms with Gasteiger partial charge in [0.25, 0.3) is 0 Å². The zero-order valence-corrected chi connectivity index (χ0v) is 22.6. The van der Waals surface area contributed by atoms with Crippen LogP contribution in [0, 0.1) is 12.8 Å². The largest absolute Gasteiger partial charge is 0.376 e. The summed E-state index contributed by atoms with van der Waals surface area (Å²) in [6.07, 6.45) is 3.86. The molecule has 0 amide bonds. The Hall–Kier alpha value is -1.97. The van der Waals surface area contributed by atoms with Crippen LogP contribution in [-0.2, 0) is 33.4 Å². The molecule has 0 unspecified atom stereocenters. The van der Waals surface area contributed by atoms with Gasteiger partial charge in [0.15, 0.2) is 5.11 Å². The molecule has 2 heterocycles. The van der Waals surface area contributed by atoms with E-state index >= 15 is 0 Å². The minimum Gasteiger partial charge on any atom is -0.376 e. The van der Waals surface area contributed by atoms with Crippen molar-refractivity contribution in [3.63, 3.8) is 0 Å². The van der Waals surface area contributed by atoms with Crippen molar-refractivity contribution < 1.29 is 13.2 Å². The quantitative estimate of drug-likeness (QED) is 0.487. The van der Waals surface area contributed by atoms with E-state index in [1.54, 1.807) is 6.20 Å². The predicted octanol–water partition coefficient (Wildman–Crippen LogP) is 4.09. The molecule has 34 heavy (non-hydrogen) atoms. The fourth-order valence-electron chi connectivity index (χ4n) is 4.16. The topological polar surface area (TPSA) is 76.5 Å². The Morgan fingerprint density at radius 3 is 2.65 bits per heavy atom. The lowest BCUT2D eigenvalue weighted by Crippen LogP contribution is -2.45. The van der Waals surface area contributed by atoms with Crippen molar-refractivity contribution in [3.05, 3.63) is 47.3 Å². The lowest BCUT2D eigenvalue weighted by molar-refractivity contribution is 0.0891. The number of sulfone groups is 1. The monoisotopic (exact) mass is 506 g/mol. The van der Waals surface area contributed by atoms with Crippen molar-refractivity contribution in [1.29, 1.82) is 0 Å². The zero-order chi connectivity index (χ0) is 24.9. The summed E-state index contributed by atoms with van der Waals surface area (Å²) < 4.78 is 34.6. The van der Waals surface area contributed by atoms with Crippen LogP contribution in [0.3, 0.4) is 0 Å². The van der Waals surface area contributed by atoms with Gasteiger partial charge in [-0.2, -0.15) is 0 Å². The minimum absolute atomic E-state index is 0.0683. The third kappa shape index (κ3) is 7.02. The molecule has 7 nitrogen and oxygen atoms in total. The second-order valence-corrected chi connectivity index (χ2v) is 12.1. The molecule has 0 saturated carbocycles. The maximum Gasteiger partial charge on any atom is 0.228 e. The van der Waals surface area contributed by atoms with E-state index in [1.165, 1.54) is 0 Å². The molecular weight excluding hydrogens is 468 g/mol. The van der Waals surface area contributed by atoms with Crippen molar-refractivity contribution in [3.8, 4) is 0 Å². The number of hydrogen-bond acceptors (Lipinski definition) is 5. The van der Waals surface area contributed by atoms with E-state index < -0.39 is 9.84 Å². The second-order valence-electron chi connectivity index (χ2n) is 9.84. The highest BCUT2D eigenvalue weighted by Gasteiger charge is 2.27. The molecule has 2 aromatic rings. The maximum atomic E-state index is 13.5. The van der Waals surface area contributed by atoms with Crippen molar-refractivity contribution in [1.82, 2.24) is 19.8 Å². The normalized spacial score (nSPS) is 16.4. The number of nitrogens with one attached hydrogen (secondary N) is 1. The number of imidazole rings is 1. The van der Waals surface area contributed by atoms with Crippen molar-refractivity contribution >= 4 is 27.2 Å². The minimum atomic E-state index is -3.63. The van der Waals surface area contributed by atoms with Crippen LogP contribution >= 0.6 is 12.2 Å². The molecule has 1 aliphatic rings. The molecular formula is C25H38N4O3S2. The van der Waals surface area contributed by atoms with Crippen molar-refractivity contribution in [2.24, 2.45) is 5.92 Å². The summed E-state index contributed by atoms with van der Waals surface area (Å²) in [6.45, 7) is 12.7. The van der Waals surface area contributed by atoms with Crippen LogP contribution in [0.15, 0.2) is 35.6 Å². The van der Waals surface area contributed by atoms with Crippen molar-refractivity contribution in [2.75, 3.05) is 13.2 Å². The highest BCUT2D eigenvalue weighted by atomic mass is 32.2. The molecule has 0 radical (unpaired) electrons. The summed E-state index contributed by atoms with van der Waals surface area (Å²) in [6, 6.07) is 7.78. The summed E-state index contributed by atoms with van der Waals surface area (Å²) in [5, 5.41) is 4.10. The first-order chi connectivity index (χ1) is 16.1. The summed E-state index contributed by atoms with van der Waals surface area (Å²) >= 11 is 5.71. The number of benzene rings is 1. The van der Waals surface area contributed by atoms with Crippen LogP contribution in [0.2, 0.25) is 0 Å². The number of hydrogen-bond donors (Lipinski definition) is 1. The average molecular weight is 507 g/mol. The van der Waals surface area contributed by atoms with Gasteiger partial charge in [-0.05, 0) is 62.9 Å². The van der Waals surface area contributed by atoms with Crippen LogP contribution < -0.4 is 5.32 Å². The summed E-state index contributed by atoms with van der Waals surface area (Å²) in [5.41, 5.74) is 2.59. The molecule has 0 aliphatic carbocycles.